The van der Waals surface area contributed by atoms with Crippen LogP contribution >= 0.6 is 0 Å². The number of aromatic nitrogens is 1. The fraction of sp³-hybridized carbons (Fsp3) is 0.600. The molecule has 0 radical (unpaired) electrons. The summed E-state index contributed by atoms with van der Waals surface area (Å²) in [6.07, 6.45) is -12.6. The van der Waals surface area contributed by atoms with Gasteiger partial charge >= 0.3 is 18.4 Å². The van der Waals surface area contributed by atoms with E-state index in [1.807, 2.05) is 0 Å². The maximum absolute atomic E-state index is 12.5. The average Bonchev–Trinajstić information content (AvgIpc) is 2.58. The highest BCUT2D eigenvalue weighted by molar-refractivity contribution is 5.68. The summed E-state index contributed by atoms with van der Waals surface area (Å²) in [4.78, 5) is 16.4. The van der Waals surface area contributed by atoms with E-state index in [9.17, 15) is 31.1 Å². The minimum absolute atomic E-state index is 0.0264. The zero-order valence-electron chi connectivity index (χ0n) is 13.8. The summed E-state index contributed by atoms with van der Waals surface area (Å²) in [5, 5.41) is 8.67. The Bertz CT molecular complexity index is 627. The number of pyridine rings is 1. The van der Waals surface area contributed by atoms with Gasteiger partial charge in [0, 0.05) is 38.2 Å². The molecule has 0 aliphatic carbocycles. The van der Waals surface area contributed by atoms with Crippen LogP contribution in [0.2, 0.25) is 0 Å². The highest BCUT2D eigenvalue weighted by Crippen LogP contribution is 2.29. The molecule has 1 aliphatic rings. The molecule has 1 aromatic heterocycles. The van der Waals surface area contributed by atoms with Gasteiger partial charge in [-0.15, -0.1) is 0 Å². The molecule has 1 fully saturated rings. The third-order valence-corrected chi connectivity index (χ3v) is 3.83. The molecule has 6 nitrogen and oxygen atoms in total. The zero-order chi connectivity index (χ0) is 20.2. The maximum Gasteiger partial charge on any atom is 0.427 e. The van der Waals surface area contributed by atoms with Crippen molar-refractivity contribution < 1.29 is 45.7 Å². The van der Waals surface area contributed by atoms with Crippen LogP contribution < -0.4 is 4.74 Å². The molecule has 1 saturated heterocycles. The summed E-state index contributed by atoms with van der Waals surface area (Å²) in [7, 11) is 0. The number of rotatable bonds is 4. The van der Waals surface area contributed by atoms with E-state index in [-0.39, 0.29) is 31.8 Å². The number of ether oxygens (including phenoxy) is 2. The smallest absolute Gasteiger partial charge is 0.427 e. The molecule has 0 saturated carbocycles. The SMILES string of the molecule is O=C(OC(CO)C(F)(F)F)N1CCC(Oc2ccc(C(F)(F)F)cn2)CC1. The molecular formula is C15H16F6N2O4. The minimum atomic E-state index is -4.87. The highest BCUT2D eigenvalue weighted by atomic mass is 19.4. The first-order valence-corrected chi connectivity index (χ1v) is 7.83. The van der Waals surface area contributed by atoms with E-state index in [0.29, 0.717) is 6.20 Å². The predicted octanol–water partition coefficient (Wildman–Crippen LogP) is 3.00. The molecule has 152 valence electrons. The van der Waals surface area contributed by atoms with Crippen LogP contribution in [0.4, 0.5) is 31.1 Å². The van der Waals surface area contributed by atoms with E-state index in [2.05, 4.69) is 9.72 Å². The number of amides is 1. The van der Waals surface area contributed by atoms with Crippen LogP contribution in [0.5, 0.6) is 5.88 Å². The Labute approximate surface area is 149 Å². The van der Waals surface area contributed by atoms with E-state index >= 15 is 0 Å². The second-order valence-corrected chi connectivity index (χ2v) is 5.78. The standard InChI is InChI=1S/C15H16F6N2O4/c16-14(17,18)9-1-2-12(22-7-9)26-10-3-5-23(6-4-10)13(25)27-11(8-24)15(19,20)21/h1-2,7,10-11,24H,3-6,8H2. The fourth-order valence-electron chi connectivity index (χ4n) is 2.35. The molecule has 1 N–H and O–H groups in total. The van der Waals surface area contributed by atoms with Crippen LogP contribution in [0.15, 0.2) is 18.3 Å². The predicted molar refractivity (Wildman–Crippen MR) is 77.9 cm³/mol. The molecule has 0 bridgehead atoms. The number of carbonyl (C=O) groups is 1. The number of nitrogens with zero attached hydrogens (tertiary/aromatic N) is 2. The largest absolute Gasteiger partial charge is 0.474 e. The molecule has 2 heterocycles. The Kier molecular flexibility index (Phi) is 6.39. The van der Waals surface area contributed by atoms with E-state index in [1.54, 1.807) is 0 Å². The number of piperidine rings is 1. The second kappa shape index (κ2) is 8.19. The molecular weight excluding hydrogens is 386 g/mol. The van der Waals surface area contributed by atoms with Crippen molar-refractivity contribution in [2.45, 2.75) is 37.4 Å². The molecule has 27 heavy (non-hydrogen) atoms. The van der Waals surface area contributed by atoms with Gasteiger partial charge in [-0.05, 0) is 6.07 Å². The Morgan fingerprint density at radius 3 is 2.30 bits per heavy atom. The van der Waals surface area contributed by atoms with Crippen LogP contribution in [0.1, 0.15) is 18.4 Å². The summed E-state index contributed by atoms with van der Waals surface area (Å²) in [5.74, 6) is -0.0264. The van der Waals surface area contributed by atoms with Crippen LogP contribution in [0, 0.1) is 0 Å². The van der Waals surface area contributed by atoms with Gasteiger partial charge in [0.1, 0.15) is 6.10 Å². The third kappa shape index (κ3) is 5.88. The van der Waals surface area contributed by atoms with Crippen LogP contribution in [-0.2, 0) is 10.9 Å². The van der Waals surface area contributed by atoms with Crippen LogP contribution in [0.3, 0.4) is 0 Å². The zero-order valence-corrected chi connectivity index (χ0v) is 13.8. The molecule has 12 heteroatoms. The third-order valence-electron chi connectivity index (χ3n) is 3.83. The van der Waals surface area contributed by atoms with Crippen molar-refractivity contribution in [1.82, 2.24) is 9.88 Å². The Morgan fingerprint density at radius 2 is 1.85 bits per heavy atom. The lowest BCUT2D eigenvalue weighted by atomic mass is 10.1. The molecule has 1 aromatic rings. The number of hydrogen-bond donors (Lipinski definition) is 1. The van der Waals surface area contributed by atoms with Gasteiger partial charge in [-0.25, -0.2) is 9.78 Å². The van der Waals surface area contributed by atoms with Crippen molar-refractivity contribution in [1.29, 1.82) is 0 Å². The van der Waals surface area contributed by atoms with Crippen molar-refractivity contribution in [2.75, 3.05) is 19.7 Å². The van der Waals surface area contributed by atoms with Crippen molar-refractivity contribution in [3.8, 4) is 5.88 Å². The molecule has 1 atom stereocenters. The summed E-state index contributed by atoms with van der Waals surface area (Å²) >= 11 is 0. The number of aliphatic hydroxyl groups is 1. The van der Waals surface area contributed by atoms with E-state index in [0.717, 1.165) is 17.0 Å². The van der Waals surface area contributed by atoms with Gasteiger partial charge in [0.15, 0.2) is 0 Å². The van der Waals surface area contributed by atoms with E-state index < -0.39 is 42.8 Å². The first-order chi connectivity index (χ1) is 12.5. The van der Waals surface area contributed by atoms with Crippen molar-refractivity contribution >= 4 is 6.09 Å². The lowest BCUT2D eigenvalue weighted by Crippen LogP contribution is -2.46. The van der Waals surface area contributed by atoms with Gasteiger partial charge in [0.2, 0.25) is 12.0 Å². The normalized spacial score (nSPS) is 17.5. The first-order valence-electron chi connectivity index (χ1n) is 7.83. The van der Waals surface area contributed by atoms with Gasteiger partial charge in [0.05, 0.1) is 12.2 Å². The van der Waals surface area contributed by atoms with Gasteiger partial charge < -0.3 is 19.5 Å². The lowest BCUT2D eigenvalue weighted by Gasteiger charge is -2.32. The van der Waals surface area contributed by atoms with Crippen LogP contribution in [0.25, 0.3) is 0 Å². The summed E-state index contributed by atoms with van der Waals surface area (Å²) < 4.78 is 84.6. The quantitative estimate of drug-likeness (QED) is 0.784. The summed E-state index contributed by atoms with van der Waals surface area (Å²) in [6, 6.07) is 1.89. The van der Waals surface area contributed by atoms with Crippen molar-refractivity contribution in [3.05, 3.63) is 23.9 Å². The summed E-state index contributed by atoms with van der Waals surface area (Å²) in [6.45, 7) is -1.32. The van der Waals surface area contributed by atoms with Gasteiger partial charge in [-0.3, -0.25) is 0 Å². The van der Waals surface area contributed by atoms with E-state index in [4.69, 9.17) is 9.84 Å². The van der Waals surface area contributed by atoms with Crippen LogP contribution in [-0.4, -0.2) is 59.2 Å². The monoisotopic (exact) mass is 402 g/mol. The topological polar surface area (TPSA) is 71.9 Å². The average molecular weight is 402 g/mol. The minimum Gasteiger partial charge on any atom is -0.474 e. The van der Waals surface area contributed by atoms with Crippen molar-refractivity contribution in [3.63, 3.8) is 0 Å². The Balaban J connectivity index is 1.84. The molecule has 1 aliphatic heterocycles. The Morgan fingerprint density at radius 1 is 1.22 bits per heavy atom. The van der Waals surface area contributed by atoms with Gasteiger partial charge in [0.25, 0.3) is 0 Å². The van der Waals surface area contributed by atoms with E-state index in [1.165, 1.54) is 0 Å². The Hall–Kier alpha value is -2.24. The molecule has 0 aromatic carbocycles. The van der Waals surface area contributed by atoms with Gasteiger partial charge in [-0.2, -0.15) is 26.3 Å². The molecule has 0 spiro atoms. The summed E-state index contributed by atoms with van der Waals surface area (Å²) in [5.41, 5.74) is -0.921. The fourth-order valence-corrected chi connectivity index (χ4v) is 2.35. The van der Waals surface area contributed by atoms with Gasteiger partial charge in [-0.1, -0.05) is 0 Å². The lowest BCUT2D eigenvalue weighted by molar-refractivity contribution is -0.214. The molecule has 2 rings (SSSR count). The number of likely N-dealkylation sites (tertiary alicyclic amines) is 1. The first kappa shape index (κ1) is 21.1. The maximum atomic E-state index is 12.5. The van der Waals surface area contributed by atoms with Crippen molar-refractivity contribution in [2.24, 2.45) is 0 Å². The number of halogens is 6. The highest BCUT2D eigenvalue weighted by Gasteiger charge is 2.43. The second-order valence-electron chi connectivity index (χ2n) is 5.78. The number of hydrogen-bond acceptors (Lipinski definition) is 5. The number of aliphatic hydroxyl groups excluding tert-OH is 1. The number of carbonyl (C=O) groups excluding carboxylic acids is 1. The number of alkyl halides is 6. The molecule has 1 amide bonds. The molecule has 1 unspecified atom stereocenters.